The number of hydrogen-bond acceptors (Lipinski definition) is 8. The predicted octanol–water partition coefficient (Wildman–Crippen LogP) is 4.87. The number of benzene rings is 1. The van der Waals surface area contributed by atoms with Gasteiger partial charge >= 0.3 is 5.97 Å². The van der Waals surface area contributed by atoms with Crippen LogP contribution in [0, 0.1) is 5.92 Å². The number of likely N-dealkylation sites (tertiary alicyclic amines) is 1. The molecule has 3 atom stereocenters. The number of amides is 2. The van der Waals surface area contributed by atoms with Crippen LogP contribution in [0.25, 0.3) is 22.2 Å². The Morgan fingerprint density at radius 1 is 1.10 bits per heavy atom. The molecule has 5 rings (SSSR count). The molecule has 1 aliphatic heterocycles. The number of carbonyl (C=O) groups excluding carboxylic acids is 3. The largest absolute Gasteiger partial charge is 0.461 e. The summed E-state index contributed by atoms with van der Waals surface area (Å²) in [6, 6.07) is 8.37. The van der Waals surface area contributed by atoms with E-state index in [4.69, 9.17) is 9.72 Å². The van der Waals surface area contributed by atoms with Gasteiger partial charge in [0.15, 0.2) is 0 Å². The number of ether oxygens (including phenoxy) is 1. The van der Waals surface area contributed by atoms with Gasteiger partial charge in [-0.2, -0.15) is 0 Å². The molecular weight excluding hydrogens is 538 g/mol. The highest BCUT2D eigenvalue weighted by atomic mass is 32.1. The number of pyridine rings is 1. The van der Waals surface area contributed by atoms with Crippen molar-refractivity contribution in [2.45, 2.75) is 76.9 Å². The number of hydrogen-bond donors (Lipinski definition) is 2. The SMILES string of the molecule is CCOC(=O)c1cc(-c2csc([C@@H]3CCCN3C(=O)[C@@H](NC(=O)[C@H](C)NC)C3CCCCC3)n2)c2ccccc2n1. The van der Waals surface area contributed by atoms with E-state index in [1.165, 1.54) is 17.8 Å². The van der Waals surface area contributed by atoms with E-state index in [1.807, 2.05) is 41.5 Å². The lowest BCUT2D eigenvalue weighted by Gasteiger charge is -2.35. The van der Waals surface area contributed by atoms with E-state index >= 15 is 0 Å². The molecule has 0 spiro atoms. The summed E-state index contributed by atoms with van der Waals surface area (Å²) in [6.45, 7) is 4.49. The first-order valence-electron chi connectivity index (χ1n) is 14.7. The second-order valence-electron chi connectivity index (χ2n) is 10.9. The average molecular weight is 578 g/mol. The van der Waals surface area contributed by atoms with Crippen LogP contribution in [0.1, 0.15) is 80.3 Å². The number of esters is 1. The zero-order valence-electron chi connectivity index (χ0n) is 24.0. The number of nitrogens with zero attached hydrogens (tertiary/aromatic N) is 3. The van der Waals surface area contributed by atoms with Crippen molar-refractivity contribution >= 4 is 40.0 Å². The van der Waals surface area contributed by atoms with Gasteiger partial charge in [-0.05, 0) is 64.6 Å². The minimum absolute atomic E-state index is 0.00763. The Balaban J connectivity index is 1.44. The second kappa shape index (κ2) is 13.1. The van der Waals surface area contributed by atoms with Crippen LogP contribution in [0.2, 0.25) is 0 Å². The second-order valence-corrected chi connectivity index (χ2v) is 11.8. The summed E-state index contributed by atoms with van der Waals surface area (Å²) < 4.78 is 5.22. The molecule has 1 saturated carbocycles. The number of rotatable bonds is 9. The molecule has 0 unspecified atom stereocenters. The van der Waals surface area contributed by atoms with Gasteiger partial charge in [0.05, 0.1) is 29.9 Å². The first-order chi connectivity index (χ1) is 19.9. The van der Waals surface area contributed by atoms with Gasteiger partial charge in [-0.25, -0.2) is 14.8 Å². The molecule has 41 heavy (non-hydrogen) atoms. The molecular formula is C31H39N5O4S. The average Bonchev–Trinajstić information content (AvgIpc) is 3.69. The topological polar surface area (TPSA) is 114 Å². The maximum Gasteiger partial charge on any atom is 0.356 e. The Hall–Kier alpha value is -3.37. The lowest BCUT2D eigenvalue weighted by Crippen LogP contribution is -2.55. The van der Waals surface area contributed by atoms with Crippen molar-refractivity contribution in [1.29, 1.82) is 0 Å². The summed E-state index contributed by atoms with van der Waals surface area (Å²) in [5.41, 5.74) is 2.50. The smallest absolute Gasteiger partial charge is 0.356 e. The number of aromatic nitrogens is 2. The van der Waals surface area contributed by atoms with Gasteiger partial charge in [-0.3, -0.25) is 9.59 Å². The summed E-state index contributed by atoms with van der Waals surface area (Å²) in [4.78, 5) is 51.0. The normalized spacial score (nSPS) is 19.2. The van der Waals surface area contributed by atoms with Crippen molar-refractivity contribution < 1.29 is 19.1 Å². The van der Waals surface area contributed by atoms with Crippen molar-refractivity contribution in [2.75, 3.05) is 20.2 Å². The van der Waals surface area contributed by atoms with E-state index in [2.05, 4.69) is 15.6 Å². The molecule has 1 aromatic carbocycles. The fraction of sp³-hybridized carbons (Fsp3) is 0.516. The maximum absolute atomic E-state index is 14.1. The molecule has 218 valence electrons. The van der Waals surface area contributed by atoms with Crippen LogP contribution >= 0.6 is 11.3 Å². The van der Waals surface area contributed by atoms with Crippen molar-refractivity contribution in [3.05, 3.63) is 46.4 Å². The van der Waals surface area contributed by atoms with Gasteiger partial charge in [0, 0.05) is 22.9 Å². The van der Waals surface area contributed by atoms with Crippen LogP contribution in [-0.2, 0) is 14.3 Å². The van der Waals surface area contributed by atoms with Crippen LogP contribution < -0.4 is 10.6 Å². The van der Waals surface area contributed by atoms with E-state index in [0.29, 0.717) is 12.1 Å². The fourth-order valence-corrected chi connectivity index (χ4v) is 6.95. The zero-order chi connectivity index (χ0) is 28.9. The number of nitrogens with one attached hydrogen (secondary N) is 2. The van der Waals surface area contributed by atoms with Crippen LogP contribution in [0.15, 0.2) is 35.7 Å². The maximum atomic E-state index is 14.1. The standard InChI is InChI=1S/C31H39N5O4S/c1-4-40-31(39)24-17-22(21-13-8-9-14-23(21)33-24)25-18-41-29(34-25)26-15-10-16-36(26)30(38)27(20-11-6-5-7-12-20)35-28(37)19(2)32-3/h8-9,13-14,17-20,26-27,32H,4-7,10-12,15-16H2,1-3H3,(H,35,37)/t19-,26-,27-/m0/s1. The summed E-state index contributed by atoms with van der Waals surface area (Å²) >= 11 is 1.53. The Morgan fingerprint density at radius 2 is 1.88 bits per heavy atom. The molecule has 3 aromatic rings. The third kappa shape index (κ3) is 6.28. The van der Waals surface area contributed by atoms with E-state index < -0.39 is 12.0 Å². The molecule has 2 aromatic heterocycles. The number of likely N-dealkylation sites (N-methyl/N-ethyl adjacent to an activating group) is 1. The highest BCUT2D eigenvalue weighted by Crippen LogP contribution is 2.38. The fourth-order valence-electron chi connectivity index (χ4n) is 5.99. The molecule has 2 N–H and O–H groups in total. The Bertz CT molecular complexity index is 1400. The lowest BCUT2D eigenvalue weighted by atomic mass is 9.83. The van der Waals surface area contributed by atoms with Crippen molar-refractivity contribution in [2.24, 2.45) is 5.92 Å². The summed E-state index contributed by atoms with van der Waals surface area (Å²) in [5, 5.41) is 9.84. The van der Waals surface area contributed by atoms with Crippen molar-refractivity contribution in [1.82, 2.24) is 25.5 Å². The van der Waals surface area contributed by atoms with Gasteiger partial charge in [0.2, 0.25) is 11.8 Å². The third-order valence-electron chi connectivity index (χ3n) is 8.33. The van der Waals surface area contributed by atoms with Gasteiger partial charge in [-0.1, -0.05) is 37.5 Å². The van der Waals surface area contributed by atoms with Crippen LogP contribution in [0.5, 0.6) is 0 Å². The molecule has 2 amide bonds. The minimum Gasteiger partial charge on any atom is -0.461 e. The van der Waals surface area contributed by atoms with Crippen molar-refractivity contribution in [3.8, 4) is 11.3 Å². The van der Waals surface area contributed by atoms with Crippen molar-refractivity contribution in [3.63, 3.8) is 0 Å². The molecule has 9 nitrogen and oxygen atoms in total. The Labute approximate surface area is 245 Å². The zero-order valence-corrected chi connectivity index (χ0v) is 24.8. The van der Waals surface area contributed by atoms with E-state index in [9.17, 15) is 14.4 Å². The molecule has 10 heteroatoms. The number of fused-ring (bicyclic) bond motifs is 1. The molecule has 2 aliphatic rings. The first kappa shape index (κ1) is 29.1. The van der Waals surface area contributed by atoms with Gasteiger partial charge in [0.25, 0.3) is 0 Å². The molecule has 1 saturated heterocycles. The molecule has 2 fully saturated rings. The lowest BCUT2D eigenvalue weighted by molar-refractivity contribution is -0.139. The first-order valence-corrected chi connectivity index (χ1v) is 15.6. The quantitative estimate of drug-likeness (QED) is 0.349. The van der Waals surface area contributed by atoms with Gasteiger partial charge < -0.3 is 20.3 Å². The highest BCUT2D eigenvalue weighted by Gasteiger charge is 2.40. The number of para-hydroxylation sites is 1. The summed E-state index contributed by atoms with van der Waals surface area (Å²) in [6.07, 6.45) is 6.94. The molecule has 3 heterocycles. The Morgan fingerprint density at radius 3 is 2.63 bits per heavy atom. The van der Waals surface area contributed by atoms with E-state index in [1.54, 1.807) is 20.0 Å². The van der Waals surface area contributed by atoms with Crippen LogP contribution in [0.4, 0.5) is 0 Å². The number of thiazole rings is 1. The monoisotopic (exact) mass is 577 g/mol. The summed E-state index contributed by atoms with van der Waals surface area (Å²) in [7, 11) is 1.75. The van der Waals surface area contributed by atoms with E-state index in [0.717, 1.165) is 60.2 Å². The molecule has 0 bridgehead atoms. The molecule has 0 radical (unpaired) electrons. The summed E-state index contributed by atoms with van der Waals surface area (Å²) in [5.74, 6) is -0.481. The van der Waals surface area contributed by atoms with E-state index in [-0.39, 0.29) is 42.1 Å². The predicted molar refractivity (Wildman–Crippen MR) is 160 cm³/mol. The van der Waals surface area contributed by atoms with Gasteiger partial charge in [-0.15, -0.1) is 11.3 Å². The third-order valence-corrected chi connectivity index (χ3v) is 9.28. The Kier molecular flexibility index (Phi) is 9.29. The van der Waals surface area contributed by atoms with Gasteiger partial charge in [0.1, 0.15) is 16.7 Å². The minimum atomic E-state index is -0.532. The highest BCUT2D eigenvalue weighted by molar-refractivity contribution is 7.10. The van der Waals surface area contributed by atoms with Crippen LogP contribution in [0.3, 0.4) is 0 Å². The van der Waals surface area contributed by atoms with Crippen LogP contribution in [-0.4, -0.2) is 64.9 Å². The number of carbonyl (C=O) groups is 3. The molecule has 1 aliphatic carbocycles.